The van der Waals surface area contributed by atoms with E-state index in [1.807, 2.05) is 55.5 Å². The maximum absolute atomic E-state index is 10.8. The van der Waals surface area contributed by atoms with E-state index in [0.29, 0.717) is 17.5 Å². The lowest BCUT2D eigenvalue weighted by atomic mass is 9.89. The van der Waals surface area contributed by atoms with Gasteiger partial charge in [-0.3, -0.25) is 0 Å². The Morgan fingerprint density at radius 1 is 1.19 bits per heavy atom. The van der Waals surface area contributed by atoms with Crippen LogP contribution in [0.2, 0.25) is 5.02 Å². The molecule has 1 N–H and O–H groups in total. The second-order valence-electron chi connectivity index (χ2n) is 5.92. The largest absolute Gasteiger partial charge is 0.490 e. The third-order valence-corrected chi connectivity index (χ3v) is 4.00. The minimum atomic E-state index is -0.934. The van der Waals surface area contributed by atoms with Gasteiger partial charge in [0.1, 0.15) is 5.75 Å². The number of hydrogen-bond acceptors (Lipinski definition) is 2. The molecule has 1 atom stereocenters. The molecule has 1 aliphatic carbocycles. The summed E-state index contributed by atoms with van der Waals surface area (Å²) in [6.45, 7) is 1.83. The second-order valence-corrected chi connectivity index (χ2v) is 6.36. The quantitative estimate of drug-likeness (QED) is 0.890. The van der Waals surface area contributed by atoms with E-state index >= 15 is 0 Å². The summed E-state index contributed by atoms with van der Waals surface area (Å²) in [7, 11) is 0. The fourth-order valence-corrected chi connectivity index (χ4v) is 2.51. The number of benzene rings is 2. The molecule has 110 valence electrons. The van der Waals surface area contributed by atoms with E-state index in [9.17, 15) is 5.11 Å². The van der Waals surface area contributed by atoms with E-state index < -0.39 is 5.60 Å². The van der Waals surface area contributed by atoms with Crippen molar-refractivity contribution in [3.05, 3.63) is 64.7 Å². The zero-order chi connectivity index (χ0) is 14.9. The molecule has 1 aliphatic rings. The smallest absolute Gasteiger partial charge is 0.120 e. The normalized spacial score (nSPS) is 17.3. The zero-order valence-corrected chi connectivity index (χ0v) is 12.8. The van der Waals surface area contributed by atoms with Crippen molar-refractivity contribution in [3.63, 3.8) is 0 Å². The van der Waals surface area contributed by atoms with Crippen molar-refractivity contribution in [2.24, 2.45) is 0 Å². The van der Waals surface area contributed by atoms with Crippen molar-refractivity contribution in [2.75, 3.05) is 0 Å². The van der Waals surface area contributed by atoms with Gasteiger partial charge in [0.05, 0.1) is 11.7 Å². The highest BCUT2D eigenvalue weighted by Crippen LogP contribution is 2.31. The first kappa shape index (κ1) is 14.4. The number of aliphatic hydroxyl groups is 1. The molecule has 1 saturated carbocycles. The van der Waals surface area contributed by atoms with Crippen LogP contribution in [0.1, 0.15) is 30.9 Å². The van der Waals surface area contributed by atoms with Crippen LogP contribution in [0, 0.1) is 0 Å². The predicted octanol–water partition coefficient (Wildman–Crippen LogP) is 4.33. The number of rotatable bonds is 5. The summed E-state index contributed by atoms with van der Waals surface area (Å²) in [6.07, 6.45) is 3.16. The Morgan fingerprint density at radius 3 is 2.57 bits per heavy atom. The molecule has 2 aromatic rings. The Bertz CT molecular complexity index is 615. The summed E-state index contributed by atoms with van der Waals surface area (Å²) >= 11 is 5.90. The van der Waals surface area contributed by atoms with Crippen molar-refractivity contribution in [2.45, 2.75) is 37.9 Å². The summed E-state index contributed by atoms with van der Waals surface area (Å²) < 4.78 is 5.80. The molecular formula is C18H19ClO2. The Balaban J connectivity index is 1.77. The van der Waals surface area contributed by atoms with E-state index in [0.717, 1.165) is 29.7 Å². The van der Waals surface area contributed by atoms with Gasteiger partial charge in [-0.15, -0.1) is 0 Å². The molecule has 0 aliphatic heterocycles. The molecule has 1 fully saturated rings. The topological polar surface area (TPSA) is 29.5 Å². The molecule has 1 unspecified atom stereocenters. The van der Waals surface area contributed by atoms with Crippen molar-refractivity contribution >= 4 is 11.6 Å². The lowest BCUT2D eigenvalue weighted by Gasteiger charge is -2.24. The summed E-state index contributed by atoms with van der Waals surface area (Å²) in [5.74, 6) is 0.839. The van der Waals surface area contributed by atoms with Gasteiger partial charge in [-0.2, -0.15) is 0 Å². The highest BCUT2D eigenvalue weighted by molar-refractivity contribution is 6.30. The van der Waals surface area contributed by atoms with Crippen molar-refractivity contribution in [1.29, 1.82) is 0 Å². The minimum Gasteiger partial charge on any atom is -0.490 e. The van der Waals surface area contributed by atoms with Gasteiger partial charge in [-0.25, -0.2) is 0 Å². The average molecular weight is 303 g/mol. The van der Waals surface area contributed by atoms with Crippen molar-refractivity contribution in [1.82, 2.24) is 0 Å². The van der Waals surface area contributed by atoms with Crippen LogP contribution in [-0.2, 0) is 12.0 Å². The molecule has 21 heavy (non-hydrogen) atoms. The molecule has 2 nitrogen and oxygen atoms in total. The first-order valence-electron chi connectivity index (χ1n) is 7.27. The van der Waals surface area contributed by atoms with Crippen LogP contribution in [0.4, 0.5) is 0 Å². The maximum atomic E-state index is 10.8. The van der Waals surface area contributed by atoms with Crippen LogP contribution in [0.5, 0.6) is 5.75 Å². The van der Waals surface area contributed by atoms with E-state index in [2.05, 4.69) is 0 Å². The standard InChI is InChI=1S/C18H19ClO2/c1-18(20,12-13-5-7-15(19)8-6-13)14-3-2-4-17(11-14)21-16-9-10-16/h2-8,11,16,20H,9-10,12H2,1H3. The lowest BCUT2D eigenvalue weighted by Crippen LogP contribution is -2.24. The van der Waals surface area contributed by atoms with E-state index in [1.165, 1.54) is 0 Å². The van der Waals surface area contributed by atoms with E-state index in [1.54, 1.807) is 0 Å². The molecule has 0 radical (unpaired) electrons. The summed E-state index contributed by atoms with van der Waals surface area (Å²) in [5, 5.41) is 11.5. The van der Waals surface area contributed by atoms with Gasteiger partial charge in [0.25, 0.3) is 0 Å². The van der Waals surface area contributed by atoms with Gasteiger partial charge in [-0.1, -0.05) is 35.9 Å². The molecule has 0 bridgehead atoms. The summed E-state index contributed by atoms with van der Waals surface area (Å²) in [5.41, 5.74) is 0.991. The Labute approximate surface area is 130 Å². The molecule has 3 heteroatoms. The molecule has 0 saturated heterocycles. The zero-order valence-electron chi connectivity index (χ0n) is 12.1. The fourth-order valence-electron chi connectivity index (χ4n) is 2.38. The third kappa shape index (κ3) is 3.78. The molecule has 0 spiro atoms. The Kier molecular flexibility index (Phi) is 3.92. The van der Waals surface area contributed by atoms with Crippen LogP contribution in [0.15, 0.2) is 48.5 Å². The number of halogens is 1. The number of ether oxygens (including phenoxy) is 1. The summed E-state index contributed by atoms with van der Waals surface area (Å²) in [6, 6.07) is 15.3. The predicted molar refractivity (Wildman–Crippen MR) is 84.8 cm³/mol. The highest BCUT2D eigenvalue weighted by Gasteiger charge is 2.26. The number of hydrogen-bond donors (Lipinski definition) is 1. The first-order valence-corrected chi connectivity index (χ1v) is 7.65. The molecule has 2 aromatic carbocycles. The van der Waals surface area contributed by atoms with Crippen LogP contribution in [0.3, 0.4) is 0 Å². The minimum absolute atomic E-state index is 0.362. The van der Waals surface area contributed by atoms with Gasteiger partial charge in [0.2, 0.25) is 0 Å². The van der Waals surface area contributed by atoms with E-state index in [4.69, 9.17) is 16.3 Å². The highest BCUT2D eigenvalue weighted by atomic mass is 35.5. The third-order valence-electron chi connectivity index (χ3n) is 3.74. The second kappa shape index (κ2) is 5.70. The molecule has 0 heterocycles. The fraction of sp³-hybridized carbons (Fsp3) is 0.333. The van der Waals surface area contributed by atoms with Gasteiger partial charge in [0, 0.05) is 11.4 Å². The average Bonchev–Trinajstić information content (AvgIpc) is 3.25. The lowest BCUT2D eigenvalue weighted by molar-refractivity contribution is 0.0573. The van der Waals surface area contributed by atoms with Crippen LogP contribution < -0.4 is 4.74 Å². The van der Waals surface area contributed by atoms with Gasteiger partial charge < -0.3 is 9.84 Å². The van der Waals surface area contributed by atoms with Crippen LogP contribution in [0.25, 0.3) is 0 Å². The molecule has 3 rings (SSSR count). The van der Waals surface area contributed by atoms with Crippen molar-refractivity contribution in [3.8, 4) is 5.75 Å². The Hall–Kier alpha value is -1.51. The van der Waals surface area contributed by atoms with Gasteiger partial charge >= 0.3 is 0 Å². The first-order chi connectivity index (χ1) is 10.0. The Morgan fingerprint density at radius 2 is 1.90 bits per heavy atom. The monoisotopic (exact) mass is 302 g/mol. The van der Waals surface area contributed by atoms with Gasteiger partial charge in [-0.05, 0) is 55.2 Å². The SMILES string of the molecule is CC(O)(Cc1ccc(Cl)cc1)c1cccc(OC2CC2)c1. The van der Waals surface area contributed by atoms with Crippen molar-refractivity contribution < 1.29 is 9.84 Å². The van der Waals surface area contributed by atoms with Crippen LogP contribution >= 0.6 is 11.6 Å². The molecular weight excluding hydrogens is 284 g/mol. The molecule has 0 aromatic heterocycles. The van der Waals surface area contributed by atoms with E-state index in [-0.39, 0.29) is 0 Å². The molecule has 0 amide bonds. The van der Waals surface area contributed by atoms with Gasteiger partial charge in [0.15, 0.2) is 0 Å². The maximum Gasteiger partial charge on any atom is 0.120 e. The van der Waals surface area contributed by atoms with Crippen LogP contribution in [-0.4, -0.2) is 11.2 Å². The summed E-state index contributed by atoms with van der Waals surface area (Å²) in [4.78, 5) is 0.